The van der Waals surface area contributed by atoms with Crippen LogP contribution in [0.3, 0.4) is 0 Å². The van der Waals surface area contributed by atoms with Crippen molar-refractivity contribution in [2.45, 2.75) is 23.1 Å². The minimum atomic E-state index is -3.22. The summed E-state index contributed by atoms with van der Waals surface area (Å²) in [5.74, 6) is 0. The van der Waals surface area contributed by atoms with Gasteiger partial charge in [-0.2, -0.15) is 0 Å². The highest BCUT2D eigenvalue weighted by Crippen LogP contribution is 2.31. The van der Waals surface area contributed by atoms with E-state index in [2.05, 4.69) is 10.6 Å². The zero-order valence-corrected chi connectivity index (χ0v) is 10.2. The number of anilines is 1. The molecule has 2 unspecified atom stereocenters. The standard InChI is InChI=1S/C11H16N2O2S/c1-8-11(7-12-2)16(14,15)10-6-4-3-5-9(10)13-8/h3-6,8,11-13H,7H2,1-2H3. The predicted octanol–water partition coefficient (Wildman–Crippen LogP) is 0.862. The second-order valence-electron chi connectivity index (χ2n) is 4.07. The van der Waals surface area contributed by atoms with Gasteiger partial charge in [0.05, 0.1) is 15.8 Å². The van der Waals surface area contributed by atoms with E-state index in [1.54, 1.807) is 25.2 Å². The Morgan fingerprint density at radius 2 is 2.06 bits per heavy atom. The summed E-state index contributed by atoms with van der Waals surface area (Å²) in [6.07, 6.45) is 0. The number of para-hydroxylation sites is 1. The number of nitrogens with one attached hydrogen (secondary N) is 2. The molecule has 0 aliphatic carbocycles. The van der Waals surface area contributed by atoms with Gasteiger partial charge in [-0.15, -0.1) is 0 Å². The molecule has 2 rings (SSSR count). The fourth-order valence-corrected chi connectivity index (χ4v) is 4.11. The molecule has 0 radical (unpaired) electrons. The van der Waals surface area contributed by atoms with Gasteiger partial charge in [0.15, 0.2) is 9.84 Å². The minimum absolute atomic E-state index is 0.0765. The van der Waals surface area contributed by atoms with E-state index < -0.39 is 15.1 Å². The molecule has 5 heteroatoms. The highest BCUT2D eigenvalue weighted by molar-refractivity contribution is 7.92. The predicted molar refractivity (Wildman–Crippen MR) is 64.4 cm³/mol. The zero-order valence-electron chi connectivity index (χ0n) is 9.40. The second kappa shape index (κ2) is 4.07. The molecule has 0 fully saturated rings. The van der Waals surface area contributed by atoms with Crippen LogP contribution in [0.2, 0.25) is 0 Å². The summed E-state index contributed by atoms with van der Waals surface area (Å²) < 4.78 is 24.6. The Balaban J connectivity index is 2.52. The van der Waals surface area contributed by atoms with Crippen molar-refractivity contribution in [1.29, 1.82) is 0 Å². The summed E-state index contributed by atoms with van der Waals surface area (Å²) in [5, 5.41) is 5.76. The average Bonchev–Trinajstić information content (AvgIpc) is 2.24. The lowest BCUT2D eigenvalue weighted by Crippen LogP contribution is -2.47. The molecule has 1 aliphatic heterocycles. The molecule has 0 saturated heterocycles. The van der Waals surface area contributed by atoms with Crippen molar-refractivity contribution in [3.63, 3.8) is 0 Å². The number of sulfone groups is 1. The first-order valence-electron chi connectivity index (χ1n) is 5.31. The van der Waals surface area contributed by atoms with Gasteiger partial charge in [0.1, 0.15) is 0 Å². The summed E-state index contributed by atoms with van der Waals surface area (Å²) in [4.78, 5) is 0.411. The largest absolute Gasteiger partial charge is 0.380 e. The summed E-state index contributed by atoms with van der Waals surface area (Å²) >= 11 is 0. The summed E-state index contributed by atoms with van der Waals surface area (Å²) in [6.45, 7) is 2.36. The Bertz CT molecular complexity index is 485. The van der Waals surface area contributed by atoms with Crippen molar-refractivity contribution in [1.82, 2.24) is 5.32 Å². The van der Waals surface area contributed by atoms with Crippen LogP contribution in [-0.2, 0) is 9.84 Å². The van der Waals surface area contributed by atoms with E-state index in [4.69, 9.17) is 0 Å². The third-order valence-corrected chi connectivity index (χ3v) is 5.28. The van der Waals surface area contributed by atoms with Gasteiger partial charge >= 0.3 is 0 Å². The fraction of sp³-hybridized carbons (Fsp3) is 0.455. The van der Waals surface area contributed by atoms with Crippen LogP contribution in [0.15, 0.2) is 29.2 Å². The molecule has 0 aromatic heterocycles. The van der Waals surface area contributed by atoms with Crippen LogP contribution in [0, 0.1) is 0 Å². The topological polar surface area (TPSA) is 58.2 Å². The normalized spacial score (nSPS) is 26.9. The molecule has 1 aromatic rings. The molecule has 0 saturated carbocycles. The van der Waals surface area contributed by atoms with Crippen molar-refractivity contribution in [2.75, 3.05) is 18.9 Å². The maximum Gasteiger partial charge on any atom is 0.186 e. The molecule has 0 spiro atoms. The Labute approximate surface area is 96.0 Å². The van der Waals surface area contributed by atoms with E-state index in [1.165, 1.54) is 0 Å². The van der Waals surface area contributed by atoms with Crippen molar-refractivity contribution < 1.29 is 8.42 Å². The number of hydrogen-bond acceptors (Lipinski definition) is 4. The molecule has 16 heavy (non-hydrogen) atoms. The maximum absolute atomic E-state index is 12.3. The van der Waals surface area contributed by atoms with Gasteiger partial charge in [0.25, 0.3) is 0 Å². The third-order valence-electron chi connectivity index (χ3n) is 2.94. The molecule has 2 N–H and O–H groups in total. The maximum atomic E-state index is 12.3. The Morgan fingerprint density at radius 1 is 1.38 bits per heavy atom. The molecule has 1 aliphatic rings. The summed E-state index contributed by atoms with van der Waals surface area (Å²) in [7, 11) is -1.45. The van der Waals surface area contributed by atoms with E-state index >= 15 is 0 Å². The molecule has 1 aromatic carbocycles. The van der Waals surface area contributed by atoms with Gasteiger partial charge in [0.2, 0.25) is 0 Å². The SMILES string of the molecule is CNCC1C(C)Nc2ccccc2S1(=O)=O. The van der Waals surface area contributed by atoms with Gasteiger partial charge in [-0.25, -0.2) is 8.42 Å². The Hall–Kier alpha value is -1.07. The van der Waals surface area contributed by atoms with Gasteiger partial charge in [-0.3, -0.25) is 0 Å². The van der Waals surface area contributed by atoms with E-state index in [0.717, 1.165) is 0 Å². The van der Waals surface area contributed by atoms with E-state index in [9.17, 15) is 8.42 Å². The molecular weight excluding hydrogens is 224 g/mol. The van der Waals surface area contributed by atoms with Crippen LogP contribution in [0.1, 0.15) is 6.92 Å². The number of hydrogen-bond donors (Lipinski definition) is 2. The van der Waals surface area contributed by atoms with Crippen LogP contribution >= 0.6 is 0 Å². The number of fused-ring (bicyclic) bond motifs is 1. The van der Waals surface area contributed by atoms with Crippen LogP contribution in [0.25, 0.3) is 0 Å². The van der Waals surface area contributed by atoms with Crippen molar-refractivity contribution >= 4 is 15.5 Å². The highest BCUT2D eigenvalue weighted by atomic mass is 32.2. The summed E-state index contributed by atoms with van der Waals surface area (Å²) in [6, 6.07) is 6.98. The first-order valence-corrected chi connectivity index (χ1v) is 6.86. The minimum Gasteiger partial charge on any atom is -0.380 e. The third kappa shape index (κ3) is 1.70. The Kier molecular flexibility index (Phi) is 2.90. The molecule has 4 nitrogen and oxygen atoms in total. The number of benzene rings is 1. The fourth-order valence-electron chi connectivity index (χ4n) is 2.09. The van der Waals surface area contributed by atoms with Crippen molar-refractivity contribution in [3.8, 4) is 0 Å². The van der Waals surface area contributed by atoms with E-state index in [-0.39, 0.29) is 6.04 Å². The van der Waals surface area contributed by atoms with Crippen LogP contribution in [-0.4, -0.2) is 33.3 Å². The smallest absolute Gasteiger partial charge is 0.186 e. The van der Waals surface area contributed by atoms with Gasteiger partial charge in [-0.05, 0) is 26.1 Å². The lowest BCUT2D eigenvalue weighted by molar-refractivity contribution is 0.549. The summed E-state index contributed by atoms with van der Waals surface area (Å²) in [5.41, 5.74) is 0.711. The molecule has 0 amide bonds. The molecule has 88 valence electrons. The first-order chi connectivity index (χ1) is 7.57. The lowest BCUT2D eigenvalue weighted by atomic mass is 10.2. The van der Waals surface area contributed by atoms with Gasteiger partial charge < -0.3 is 10.6 Å². The van der Waals surface area contributed by atoms with E-state index in [1.807, 2.05) is 13.0 Å². The van der Waals surface area contributed by atoms with Crippen molar-refractivity contribution in [2.24, 2.45) is 0 Å². The monoisotopic (exact) mass is 240 g/mol. The highest BCUT2D eigenvalue weighted by Gasteiger charge is 2.37. The van der Waals surface area contributed by atoms with Crippen LogP contribution in [0.4, 0.5) is 5.69 Å². The van der Waals surface area contributed by atoms with Gasteiger partial charge in [0, 0.05) is 12.6 Å². The average molecular weight is 240 g/mol. The van der Waals surface area contributed by atoms with E-state index in [0.29, 0.717) is 17.1 Å². The van der Waals surface area contributed by atoms with Crippen LogP contribution in [0.5, 0.6) is 0 Å². The molecular formula is C11H16N2O2S. The molecule has 0 bridgehead atoms. The molecule has 1 heterocycles. The lowest BCUT2D eigenvalue weighted by Gasteiger charge is -2.32. The quantitative estimate of drug-likeness (QED) is 0.805. The second-order valence-corrected chi connectivity index (χ2v) is 6.21. The molecule has 2 atom stereocenters. The van der Waals surface area contributed by atoms with Crippen LogP contribution < -0.4 is 10.6 Å². The first kappa shape index (κ1) is 11.4. The number of rotatable bonds is 2. The Morgan fingerprint density at radius 3 is 2.75 bits per heavy atom. The van der Waals surface area contributed by atoms with Gasteiger partial charge in [-0.1, -0.05) is 12.1 Å². The van der Waals surface area contributed by atoms with Crippen molar-refractivity contribution in [3.05, 3.63) is 24.3 Å². The zero-order chi connectivity index (χ0) is 11.8.